The number of nitrogens with zero attached hydrogens (tertiary/aromatic N) is 3. The van der Waals surface area contributed by atoms with Crippen molar-refractivity contribution < 1.29 is 13.5 Å². The molecule has 2 aromatic carbocycles. The van der Waals surface area contributed by atoms with Gasteiger partial charge in [-0.1, -0.05) is 56.1 Å². The zero-order valence-electron chi connectivity index (χ0n) is 22.6. The van der Waals surface area contributed by atoms with Crippen molar-refractivity contribution in [1.29, 1.82) is 0 Å². The summed E-state index contributed by atoms with van der Waals surface area (Å²) in [6.45, 7) is 3.30. The molecule has 0 aliphatic carbocycles. The van der Waals surface area contributed by atoms with Crippen LogP contribution in [0.15, 0.2) is 83.1 Å². The van der Waals surface area contributed by atoms with Gasteiger partial charge in [0, 0.05) is 41.5 Å². The first-order chi connectivity index (χ1) is 19.4. The molecular formula is C29H36N6O3S2. The van der Waals surface area contributed by atoms with Gasteiger partial charge in [-0.05, 0) is 67.4 Å². The molecule has 0 amide bonds. The summed E-state index contributed by atoms with van der Waals surface area (Å²) in [4.78, 5) is 8.72. The van der Waals surface area contributed by atoms with Crippen molar-refractivity contribution in [2.45, 2.75) is 55.2 Å². The second kappa shape index (κ2) is 14.9. The van der Waals surface area contributed by atoms with Gasteiger partial charge >= 0.3 is 0 Å². The number of unbranched alkanes of at least 4 members (excludes halogenated alkanes) is 3. The van der Waals surface area contributed by atoms with E-state index in [9.17, 15) is 13.5 Å². The van der Waals surface area contributed by atoms with E-state index in [1.165, 1.54) is 19.3 Å². The largest absolute Gasteiger partial charge is 0.387 e. The summed E-state index contributed by atoms with van der Waals surface area (Å²) in [5.41, 5.74) is 3.09. The van der Waals surface area contributed by atoms with Crippen LogP contribution in [0.4, 0.5) is 5.69 Å². The van der Waals surface area contributed by atoms with E-state index >= 15 is 0 Å². The minimum atomic E-state index is -3.74. The number of aliphatic hydroxyl groups excluding tert-OH is 1. The fourth-order valence-corrected chi connectivity index (χ4v) is 5.90. The lowest BCUT2D eigenvalue weighted by Gasteiger charge is -2.12. The summed E-state index contributed by atoms with van der Waals surface area (Å²) in [7, 11) is -3.74. The Balaban J connectivity index is 1.24. The van der Waals surface area contributed by atoms with Crippen LogP contribution in [0.25, 0.3) is 11.4 Å². The van der Waals surface area contributed by atoms with Gasteiger partial charge in [-0.3, -0.25) is 14.8 Å². The minimum Gasteiger partial charge on any atom is -0.387 e. The number of pyridine rings is 1. The van der Waals surface area contributed by atoms with E-state index in [-0.39, 0.29) is 4.90 Å². The number of aliphatic hydroxyl groups is 1. The van der Waals surface area contributed by atoms with Crippen molar-refractivity contribution in [3.63, 3.8) is 0 Å². The highest BCUT2D eigenvalue weighted by atomic mass is 32.2. The predicted molar refractivity (Wildman–Crippen MR) is 160 cm³/mol. The highest BCUT2D eigenvalue weighted by Gasteiger charge is 2.15. The van der Waals surface area contributed by atoms with Crippen LogP contribution in [0.5, 0.6) is 0 Å². The molecule has 11 heteroatoms. The first-order valence-corrected chi connectivity index (χ1v) is 16.0. The fraction of sp³-hybridized carbons (Fsp3) is 0.345. The normalized spacial score (nSPS) is 12.3. The number of nitrogens with one attached hydrogen (secondary N) is 3. The quantitative estimate of drug-likeness (QED) is 0.105. The summed E-state index contributed by atoms with van der Waals surface area (Å²) in [5, 5.41) is 21.4. The third-order valence-corrected chi connectivity index (χ3v) is 8.67. The van der Waals surface area contributed by atoms with Crippen molar-refractivity contribution in [1.82, 2.24) is 25.5 Å². The fourth-order valence-electron chi connectivity index (χ4n) is 4.04. The highest BCUT2D eigenvalue weighted by Crippen LogP contribution is 2.23. The van der Waals surface area contributed by atoms with Gasteiger partial charge in [0.15, 0.2) is 5.82 Å². The second-order valence-electron chi connectivity index (χ2n) is 9.46. The third-order valence-electron chi connectivity index (χ3n) is 6.34. The van der Waals surface area contributed by atoms with Crippen LogP contribution in [-0.4, -0.2) is 52.5 Å². The zero-order chi connectivity index (χ0) is 28.2. The Morgan fingerprint density at radius 3 is 2.55 bits per heavy atom. The van der Waals surface area contributed by atoms with Crippen LogP contribution < -0.4 is 10.0 Å². The maximum Gasteiger partial charge on any atom is 0.261 e. The molecule has 2 aromatic heterocycles. The number of anilines is 1. The summed E-state index contributed by atoms with van der Waals surface area (Å²) in [5.74, 6) is 1.60. The van der Waals surface area contributed by atoms with Gasteiger partial charge < -0.3 is 10.4 Å². The van der Waals surface area contributed by atoms with E-state index in [0.29, 0.717) is 29.8 Å². The van der Waals surface area contributed by atoms with E-state index in [1.54, 1.807) is 66.6 Å². The molecule has 1 atom stereocenters. The molecule has 0 spiro atoms. The molecular weight excluding hydrogens is 544 g/mol. The lowest BCUT2D eigenvalue weighted by Crippen LogP contribution is -2.23. The van der Waals surface area contributed by atoms with E-state index in [1.807, 2.05) is 18.2 Å². The van der Waals surface area contributed by atoms with Gasteiger partial charge in [-0.2, -0.15) is 0 Å². The van der Waals surface area contributed by atoms with Gasteiger partial charge in [0.25, 0.3) is 10.0 Å². The summed E-state index contributed by atoms with van der Waals surface area (Å²) >= 11 is 1.63. The van der Waals surface area contributed by atoms with Gasteiger partial charge in [0.05, 0.1) is 11.0 Å². The Labute approximate surface area is 240 Å². The highest BCUT2D eigenvalue weighted by molar-refractivity contribution is 7.99. The predicted octanol–water partition coefficient (Wildman–Crippen LogP) is 5.21. The molecule has 9 nitrogen and oxygen atoms in total. The number of hydrogen-bond acceptors (Lipinski definition) is 8. The van der Waals surface area contributed by atoms with E-state index in [4.69, 9.17) is 0 Å². The first-order valence-electron chi connectivity index (χ1n) is 13.5. The van der Waals surface area contributed by atoms with Gasteiger partial charge in [0.2, 0.25) is 5.16 Å². The maximum absolute atomic E-state index is 12.9. The number of sulfonamides is 1. The summed E-state index contributed by atoms with van der Waals surface area (Å²) in [6.07, 6.45) is 8.27. The molecule has 4 N–H and O–H groups in total. The van der Waals surface area contributed by atoms with Crippen molar-refractivity contribution in [3.8, 4) is 11.4 Å². The Hall–Kier alpha value is -3.25. The summed E-state index contributed by atoms with van der Waals surface area (Å²) in [6, 6.07) is 17.5. The van der Waals surface area contributed by atoms with Crippen LogP contribution in [0, 0.1) is 0 Å². The number of aromatic amines is 1. The Bertz CT molecular complexity index is 1410. The number of benzene rings is 2. The van der Waals surface area contributed by atoms with E-state index in [2.05, 4.69) is 37.1 Å². The summed E-state index contributed by atoms with van der Waals surface area (Å²) < 4.78 is 28.5. The number of thioether (sulfide) groups is 1. The zero-order valence-corrected chi connectivity index (χ0v) is 24.2. The number of aromatic nitrogens is 4. The number of H-pyrrole nitrogens is 1. The molecule has 4 aromatic rings. The third kappa shape index (κ3) is 8.88. The molecule has 2 heterocycles. The van der Waals surface area contributed by atoms with Crippen LogP contribution in [-0.2, 0) is 16.4 Å². The average Bonchev–Trinajstić information content (AvgIpc) is 3.45. The second-order valence-corrected chi connectivity index (χ2v) is 12.2. The maximum atomic E-state index is 12.9. The minimum absolute atomic E-state index is 0.168. The molecule has 212 valence electrons. The van der Waals surface area contributed by atoms with Crippen LogP contribution in [0.1, 0.15) is 49.8 Å². The van der Waals surface area contributed by atoms with Crippen molar-refractivity contribution in [2.24, 2.45) is 0 Å². The lowest BCUT2D eigenvalue weighted by molar-refractivity contribution is 0.174. The Kier molecular flexibility index (Phi) is 11.1. The topological polar surface area (TPSA) is 133 Å². The van der Waals surface area contributed by atoms with Gasteiger partial charge in [-0.25, -0.2) is 13.4 Å². The van der Waals surface area contributed by atoms with Crippen molar-refractivity contribution in [2.75, 3.05) is 23.6 Å². The molecule has 0 fully saturated rings. The molecule has 0 saturated heterocycles. The average molecular weight is 581 g/mol. The van der Waals surface area contributed by atoms with Crippen LogP contribution in [0.3, 0.4) is 0 Å². The SMILES string of the molecule is CCCCCCSc1n[nH]c(-c2ccc(S(=O)(=O)Nc3ccc(CCNCC(O)c4cccnc4)cc3)cc2)n1. The number of hydrogen-bond donors (Lipinski definition) is 4. The van der Waals surface area contributed by atoms with Crippen LogP contribution in [0.2, 0.25) is 0 Å². The molecule has 1 unspecified atom stereocenters. The molecule has 4 rings (SSSR count). The van der Waals surface area contributed by atoms with Crippen LogP contribution >= 0.6 is 11.8 Å². The standard InChI is InChI=1S/C29H36N6O3S2/c1-2-3-4-5-19-39-29-32-28(33-34-29)23-10-14-26(15-11-23)40(37,38)35-25-12-8-22(9-13-25)16-18-31-21-27(36)24-7-6-17-30-20-24/h6-15,17,20,27,31,35-36H,2-5,16,18-19,21H2,1H3,(H,32,33,34). The van der Waals surface area contributed by atoms with Crippen molar-refractivity contribution in [3.05, 3.63) is 84.2 Å². The Morgan fingerprint density at radius 1 is 1.02 bits per heavy atom. The molecule has 0 bridgehead atoms. The smallest absolute Gasteiger partial charge is 0.261 e. The van der Waals surface area contributed by atoms with Gasteiger partial charge in [-0.15, -0.1) is 5.10 Å². The first kappa shape index (κ1) is 29.7. The Morgan fingerprint density at radius 2 is 1.82 bits per heavy atom. The molecule has 0 aliphatic heterocycles. The monoisotopic (exact) mass is 580 g/mol. The number of rotatable bonds is 16. The van der Waals surface area contributed by atoms with Crippen molar-refractivity contribution >= 4 is 27.5 Å². The molecule has 40 heavy (non-hydrogen) atoms. The molecule has 0 aliphatic rings. The lowest BCUT2D eigenvalue weighted by atomic mass is 10.1. The molecule has 0 saturated carbocycles. The van der Waals surface area contributed by atoms with Gasteiger partial charge in [0.1, 0.15) is 0 Å². The molecule has 0 radical (unpaired) electrons. The van der Waals surface area contributed by atoms with E-state index < -0.39 is 16.1 Å². The van der Waals surface area contributed by atoms with E-state index in [0.717, 1.165) is 35.3 Å².